The van der Waals surface area contributed by atoms with Crippen LogP contribution in [0.4, 0.5) is 11.6 Å². The highest BCUT2D eigenvalue weighted by atomic mass is 35.5. The minimum Gasteiger partial charge on any atom is -0.354 e. The second kappa shape index (κ2) is 9.76. The van der Waals surface area contributed by atoms with Crippen molar-refractivity contribution in [1.29, 1.82) is 5.26 Å². The van der Waals surface area contributed by atoms with Crippen molar-refractivity contribution in [3.8, 4) is 6.07 Å². The van der Waals surface area contributed by atoms with Gasteiger partial charge in [0.05, 0.1) is 17.1 Å². The molecule has 0 saturated carbocycles. The molecule has 4 rings (SSSR count). The predicted molar refractivity (Wildman–Crippen MR) is 122 cm³/mol. The van der Waals surface area contributed by atoms with E-state index >= 15 is 0 Å². The summed E-state index contributed by atoms with van der Waals surface area (Å²) in [7, 11) is 2.10. The van der Waals surface area contributed by atoms with Crippen molar-refractivity contribution in [1.82, 2.24) is 20.1 Å². The van der Waals surface area contributed by atoms with Gasteiger partial charge in [0.2, 0.25) is 0 Å². The summed E-state index contributed by atoms with van der Waals surface area (Å²) in [5.41, 5.74) is 2.67. The second-order valence-electron chi connectivity index (χ2n) is 7.04. The number of piperazine rings is 1. The van der Waals surface area contributed by atoms with Crippen molar-refractivity contribution in [2.75, 3.05) is 43.4 Å². The van der Waals surface area contributed by atoms with Crippen molar-refractivity contribution in [2.24, 2.45) is 0 Å². The number of halogens is 2. The number of nitriles is 1. The van der Waals surface area contributed by atoms with Gasteiger partial charge in [-0.05, 0) is 43.8 Å². The zero-order valence-electron chi connectivity index (χ0n) is 16.7. The number of hydrogen-bond acceptors (Lipinski definition) is 6. The molecule has 1 saturated heterocycles. The highest BCUT2D eigenvalue weighted by Gasteiger charge is 2.18. The largest absolute Gasteiger partial charge is 0.354 e. The van der Waals surface area contributed by atoms with E-state index in [1.54, 1.807) is 18.3 Å². The van der Waals surface area contributed by atoms with E-state index in [4.69, 9.17) is 5.26 Å². The number of anilines is 2. The van der Waals surface area contributed by atoms with Crippen LogP contribution >= 0.6 is 24.8 Å². The van der Waals surface area contributed by atoms with Crippen molar-refractivity contribution >= 4 is 53.3 Å². The molecule has 1 aliphatic rings. The fourth-order valence-electron chi connectivity index (χ4n) is 3.34. The van der Waals surface area contributed by atoms with Crippen molar-refractivity contribution in [2.45, 2.75) is 6.92 Å². The van der Waals surface area contributed by atoms with Crippen LogP contribution in [0.2, 0.25) is 0 Å². The molecule has 30 heavy (non-hydrogen) atoms. The van der Waals surface area contributed by atoms with Gasteiger partial charge in [-0.2, -0.15) is 10.4 Å². The first kappa shape index (κ1) is 23.4. The molecule has 0 atom stereocenters. The number of nitrogens with zero attached hydrogens (tertiary/aromatic N) is 5. The summed E-state index contributed by atoms with van der Waals surface area (Å²) in [6, 6.07) is 9.26. The highest BCUT2D eigenvalue weighted by Crippen LogP contribution is 2.25. The second-order valence-corrected chi connectivity index (χ2v) is 7.04. The number of fused-ring (bicyclic) bond motifs is 1. The number of aromatic amines is 1. The number of benzene rings is 1. The van der Waals surface area contributed by atoms with Crippen LogP contribution in [-0.2, 0) is 0 Å². The number of hydrogen-bond donors (Lipinski definition) is 2. The molecule has 0 radical (unpaired) electrons. The Kier molecular flexibility index (Phi) is 7.62. The van der Waals surface area contributed by atoms with E-state index in [1.807, 2.05) is 19.1 Å². The van der Waals surface area contributed by atoms with Crippen LogP contribution in [0.15, 0.2) is 30.5 Å². The van der Waals surface area contributed by atoms with Gasteiger partial charge in [-0.3, -0.25) is 9.89 Å². The van der Waals surface area contributed by atoms with Crippen LogP contribution in [0.3, 0.4) is 0 Å². The van der Waals surface area contributed by atoms with Crippen LogP contribution in [0.5, 0.6) is 0 Å². The SMILES string of the molecule is Cc1cc2c(NC(=O)c3ccnc(N4CCN(C)CC4)c3)n[nH]c2cc1C#N.Cl.Cl. The minimum atomic E-state index is -0.242. The maximum absolute atomic E-state index is 12.8. The van der Waals surface area contributed by atoms with Gasteiger partial charge < -0.3 is 15.1 Å². The summed E-state index contributed by atoms with van der Waals surface area (Å²) in [5.74, 6) is 1.01. The number of carbonyl (C=O) groups is 1. The monoisotopic (exact) mass is 447 g/mol. The van der Waals surface area contributed by atoms with Gasteiger partial charge in [0.25, 0.3) is 5.91 Å². The number of nitrogens with one attached hydrogen (secondary N) is 2. The van der Waals surface area contributed by atoms with Crippen LogP contribution in [-0.4, -0.2) is 59.2 Å². The molecule has 2 N–H and O–H groups in total. The van der Waals surface area contributed by atoms with Gasteiger partial charge in [0, 0.05) is 43.3 Å². The van der Waals surface area contributed by atoms with Crippen LogP contribution in [0.1, 0.15) is 21.5 Å². The summed E-state index contributed by atoms with van der Waals surface area (Å²) >= 11 is 0. The number of likely N-dealkylation sites (N-methyl/N-ethyl adjacent to an activating group) is 1. The predicted octanol–water partition coefficient (Wildman–Crippen LogP) is 2.99. The maximum atomic E-state index is 12.8. The number of aromatic nitrogens is 3. The normalized spacial score (nSPS) is 13.8. The highest BCUT2D eigenvalue weighted by molar-refractivity contribution is 6.08. The number of pyridine rings is 1. The van der Waals surface area contributed by atoms with Gasteiger partial charge in [0.1, 0.15) is 5.82 Å². The Morgan fingerprint density at radius 1 is 1.20 bits per heavy atom. The Morgan fingerprint density at radius 2 is 1.93 bits per heavy atom. The third-order valence-corrected chi connectivity index (χ3v) is 5.10. The Bertz CT molecular complexity index is 1080. The lowest BCUT2D eigenvalue weighted by atomic mass is 10.1. The van der Waals surface area contributed by atoms with E-state index in [9.17, 15) is 4.79 Å². The van der Waals surface area contributed by atoms with E-state index in [1.165, 1.54) is 0 Å². The van der Waals surface area contributed by atoms with Crippen molar-refractivity contribution in [3.63, 3.8) is 0 Å². The fourth-order valence-corrected chi connectivity index (χ4v) is 3.34. The first-order valence-electron chi connectivity index (χ1n) is 9.15. The van der Waals surface area contributed by atoms with Crippen LogP contribution in [0, 0.1) is 18.3 Å². The molecule has 0 unspecified atom stereocenters. The van der Waals surface area contributed by atoms with E-state index in [-0.39, 0.29) is 30.7 Å². The van der Waals surface area contributed by atoms with Crippen LogP contribution < -0.4 is 10.2 Å². The molecule has 8 nitrogen and oxygen atoms in total. The van der Waals surface area contributed by atoms with E-state index in [0.717, 1.165) is 42.9 Å². The van der Waals surface area contributed by atoms with Gasteiger partial charge in [0.15, 0.2) is 5.82 Å². The molecular formula is C20H23Cl2N7O. The van der Waals surface area contributed by atoms with E-state index in [2.05, 4.69) is 43.4 Å². The topological polar surface area (TPSA) is 101 Å². The molecule has 3 aromatic rings. The molecule has 2 aromatic heterocycles. The molecule has 1 amide bonds. The zero-order valence-corrected chi connectivity index (χ0v) is 18.3. The molecule has 3 heterocycles. The summed E-state index contributed by atoms with van der Waals surface area (Å²) in [4.78, 5) is 21.7. The van der Waals surface area contributed by atoms with Gasteiger partial charge >= 0.3 is 0 Å². The Balaban J connectivity index is 0.00000160. The van der Waals surface area contributed by atoms with Crippen molar-refractivity contribution in [3.05, 3.63) is 47.2 Å². The lowest BCUT2D eigenvalue weighted by Crippen LogP contribution is -2.44. The third kappa shape index (κ3) is 4.65. The average Bonchev–Trinajstić information content (AvgIpc) is 3.09. The van der Waals surface area contributed by atoms with Crippen molar-refractivity contribution < 1.29 is 4.79 Å². The fraction of sp³-hybridized carbons (Fsp3) is 0.300. The first-order valence-corrected chi connectivity index (χ1v) is 9.15. The van der Waals surface area contributed by atoms with Gasteiger partial charge in [-0.1, -0.05) is 0 Å². The molecule has 0 bridgehead atoms. The molecule has 158 valence electrons. The summed E-state index contributed by atoms with van der Waals surface area (Å²) in [5, 5.41) is 19.9. The molecular weight excluding hydrogens is 425 g/mol. The molecule has 0 spiro atoms. The number of aryl methyl sites for hydroxylation is 1. The maximum Gasteiger partial charge on any atom is 0.257 e. The van der Waals surface area contributed by atoms with Gasteiger partial charge in [-0.25, -0.2) is 4.98 Å². The molecule has 10 heteroatoms. The Hall–Kier alpha value is -2.86. The van der Waals surface area contributed by atoms with Gasteiger partial charge in [-0.15, -0.1) is 24.8 Å². The lowest BCUT2D eigenvalue weighted by Gasteiger charge is -2.33. The number of rotatable bonds is 3. The standard InChI is InChI=1S/C20H21N7O.2ClH/c1-13-9-16-17(10-15(13)12-21)24-25-19(16)23-20(28)14-3-4-22-18(11-14)27-7-5-26(2)6-8-27;;/h3-4,9-11H,5-8H2,1-2H3,(H2,23,24,25,28);2*1H. The quantitative estimate of drug-likeness (QED) is 0.639. The molecule has 1 fully saturated rings. The van der Waals surface area contributed by atoms with Crippen LogP contribution in [0.25, 0.3) is 10.9 Å². The number of amides is 1. The Morgan fingerprint density at radius 3 is 2.63 bits per heavy atom. The summed E-state index contributed by atoms with van der Waals surface area (Å²) < 4.78 is 0. The van der Waals surface area contributed by atoms with E-state index in [0.29, 0.717) is 22.5 Å². The van der Waals surface area contributed by atoms with E-state index < -0.39 is 0 Å². The first-order chi connectivity index (χ1) is 13.5. The summed E-state index contributed by atoms with van der Waals surface area (Å²) in [6.45, 7) is 5.59. The smallest absolute Gasteiger partial charge is 0.257 e. The minimum absolute atomic E-state index is 0. The molecule has 1 aliphatic heterocycles. The average molecular weight is 448 g/mol. The molecule has 1 aromatic carbocycles. The third-order valence-electron chi connectivity index (χ3n) is 5.10. The Labute approximate surface area is 187 Å². The zero-order chi connectivity index (χ0) is 19.7. The molecule has 0 aliphatic carbocycles. The number of H-pyrrole nitrogens is 1. The number of carbonyl (C=O) groups excluding carboxylic acids is 1. The summed E-state index contributed by atoms with van der Waals surface area (Å²) in [6.07, 6.45) is 1.66. The lowest BCUT2D eigenvalue weighted by molar-refractivity contribution is 0.102.